The molecular weight excluding hydrogens is 324 g/mol. The smallest absolute Gasteiger partial charge is 0.198 e. The summed E-state index contributed by atoms with van der Waals surface area (Å²) >= 11 is 1.80. The van der Waals surface area contributed by atoms with Crippen LogP contribution in [0.15, 0.2) is 6.07 Å². The van der Waals surface area contributed by atoms with E-state index in [9.17, 15) is 4.39 Å². The Labute approximate surface area is 105 Å². The Morgan fingerprint density at radius 1 is 1.50 bits per heavy atom. The minimum atomic E-state index is -0.495. The zero-order valence-electron chi connectivity index (χ0n) is 8.22. The van der Waals surface area contributed by atoms with E-state index in [0.29, 0.717) is 12.4 Å². The molecule has 1 fully saturated rings. The van der Waals surface area contributed by atoms with Crippen molar-refractivity contribution in [1.82, 2.24) is 0 Å². The largest absolute Gasteiger partial charge is 0.483 e. The first-order valence-electron chi connectivity index (χ1n) is 4.89. The molecule has 1 saturated carbocycles. The van der Waals surface area contributed by atoms with Crippen LogP contribution in [0.2, 0.25) is 0 Å². The topological polar surface area (TPSA) is 42.2 Å². The fraction of sp³-hybridized carbons (Fsp3) is 0.364. The molecule has 0 amide bonds. The Hall–Kier alpha value is -1.03. The molecule has 0 N–H and O–H groups in total. The summed E-state index contributed by atoms with van der Waals surface area (Å²) in [5, 5.41) is 8.87. The van der Waals surface area contributed by atoms with Gasteiger partial charge in [0.1, 0.15) is 18.3 Å². The summed E-state index contributed by atoms with van der Waals surface area (Å²) in [6.07, 6.45) is 1.86. The number of benzene rings is 1. The molecule has 1 aliphatic heterocycles. The summed E-state index contributed by atoms with van der Waals surface area (Å²) in [5.41, 5.74) is 0.0389. The fourth-order valence-electron chi connectivity index (χ4n) is 1.73. The van der Waals surface area contributed by atoms with E-state index in [1.165, 1.54) is 0 Å². The number of fused-ring (bicyclic) bond motifs is 1. The predicted molar refractivity (Wildman–Crippen MR) is 61.9 cm³/mol. The standard InChI is InChI=1S/C11H7FINO2/c12-8-9(13)6(4-14)3-7-10(8)15-5-11(16-7)1-2-11/h3H,1-2,5H2. The Morgan fingerprint density at radius 2 is 2.25 bits per heavy atom. The van der Waals surface area contributed by atoms with E-state index in [2.05, 4.69) is 0 Å². The van der Waals surface area contributed by atoms with Gasteiger partial charge in [0, 0.05) is 6.07 Å². The number of halogens is 2. The molecule has 1 aromatic rings. The van der Waals surface area contributed by atoms with Crippen molar-refractivity contribution in [2.24, 2.45) is 0 Å². The highest BCUT2D eigenvalue weighted by molar-refractivity contribution is 14.1. The third kappa shape index (κ3) is 1.36. The van der Waals surface area contributed by atoms with Crippen LogP contribution in [0.1, 0.15) is 18.4 Å². The molecular formula is C11H7FINO2. The Balaban J connectivity index is 2.14. The van der Waals surface area contributed by atoms with Gasteiger partial charge in [-0.25, -0.2) is 4.39 Å². The van der Waals surface area contributed by atoms with Gasteiger partial charge in [0.15, 0.2) is 17.3 Å². The van der Waals surface area contributed by atoms with Crippen molar-refractivity contribution in [3.05, 3.63) is 21.0 Å². The molecule has 0 unspecified atom stereocenters. The van der Waals surface area contributed by atoms with Crippen molar-refractivity contribution in [3.8, 4) is 17.6 Å². The third-order valence-corrected chi connectivity index (χ3v) is 3.92. The molecule has 0 aromatic heterocycles. The van der Waals surface area contributed by atoms with Crippen molar-refractivity contribution in [2.75, 3.05) is 6.61 Å². The van der Waals surface area contributed by atoms with Crippen LogP contribution >= 0.6 is 22.6 Å². The van der Waals surface area contributed by atoms with E-state index in [4.69, 9.17) is 14.7 Å². The SMILES string of the molecule is N#Cc1cc2c(c(F)c1I)OCC1(CC1)O2. The number of hydrogen-bond acceptors (Lipinski definition) is 3. The first-order chi connectivity index (χ1) is 7.65. The second kappa shape index (κ2) is 3.23. The minimum absolute atomic E-state index is 0.140. The van der Waals surface area contributed by atoms with Gasteiger partial charge < -0.3 is 9.47 Å². The normalized spacial score (nSPS) is 19.3. The van der Waals surface area contributed by atoms with Gasteiger partial charge in [0.2, 0.25) is 0 Å². The van der Waals surface area contributed by atoms with E-state index >= 15 is 0 Å². The summed E-state index contributed by atoms with van der Waals surface area (Å²) in [6.45, 7) is 0.402. The van der Waals surface area contributed by atoms with Crippen LogP contribution in [0.4, 0.5) is 4.39 Å². The molecule has 0 bridgehead atoms. The molecule has 16 heavy (non-hydrogen) atoms. The van der Waals surface area contributed by atoms with Crippen LogP contribution in [0.5, 0.6) is 11.5 Å². The molecule has 1 spiro atoms. The lowest BCUT2D eigenvalue weighted by Gasteiger charge is -2.27. The highest BCUT2D eigenvalue weighted by atomic mass is 127. The van der Waals surface area contributed by atoms with Crippen molar-refractivity contribution in [2.45, 2.75) is 18.4 Å². The van der Waals surface area contributed by atoms with Crippen LogP contribution < -0.4 is 9.47 Å². The van der Waals surface area contributed by atoms with Gasteiger partial charge >= 0.3 is 0 Å². The Morgan fingerprint density at radius 3 is 2.88 bits per heavy atom. The molecule has 0 atom stereocenters. The molecule has 3 nitrogen and oxygen atoms in total. The quantitative estimate of drug-likeness (QED) is 0.687. The summed E-state index contributed by atoms with van der Waals surface area (Å²) in [5.74, 6) is 0.00397. The molecule has 82 valence electrons. The van der Waals surface area contributed by atoms with E-state index in [1.807, 2.05) is 6.07 Å². The lowest BCUT2D eigenvalue weighted by Crippen LogP contribution is -2.31. The molecule has 1 aliphatic carbocycles. The maximum atomic E-state index is 13.8. The van der Waals surface area contributed by atoms with Crippen molar-refractivity contribution >= 4 is 22.6 Å². The summed E-state index contributed by atoms with van der Waals surface area (Å²) in [4.78, 5) is 0. The summed E-state index contributed by atoms with van der Waals surface area (Å²) < 4.78 is 25.2. The van der Waals surface area contributed by atoms with E-state index in [-0.39, 0.29) is 20.5 Å². The number of nitrogens with zero attached hydrogens (tertiary/aromatic N) is 1. The zero-order valence-corrected chi connectivity index (χ0v) is 10.4. The lowest BCUT2D eigenvalue weighted by molar-refractivity contribution is 0.0676. The highest BCUT2D eigenvalue weighted by Crippen LogP contribution is 2.48. The second-order valence-electron chi connectivity index (χ2n) is 4.06. The summed E-state index contributed by atoms with van der Waals surface area (Å²) in [7, 11) is 0. The minimum Gasteiger partial charge on any atom is -0.483 e. The average molecular weight is 331 g/mol. The zero-order chi connectivity index (χ0) is 11.3. The molecule has 0 radical (unpaired) electrons. The Kier molecular flexibility index (Phi) is 2.05. The summed E-state index contributed by atoms with van der Waals surface area (Å²) in [6, 6.07) is 3.51. The monoisotopic (exact) mass is 331 g/mol. The van der Waals surface area contributed by atoms with E-state index in [1.54, 1.807) is 28.7 Å². The first-order valence-corrected chi connectivity index (χ1v) is 5.97. The van der Waals surface area contributed by atoms with Crippen LogP contribution in [-0.2, 0) is 0 Å². The number of ether oxygens (including phenoxy) is 2. The van der Waals surface area contributed by atoms with Crippen molar-refractivity contribution in [1.29, 1.82) is 5.26 Å². The molecule has 0 saturated heterocycles. The number of hydrogen-bond donors (Lipinski definition) is 0. The van der Waals surface area contributed by atoms with Crippen LogP contribution in [0.25, 0.3) is 0 Å². The van der Waals surface area contributed by atoms with Gasteiger partial charge in [-0.05, 0) is 35.4 Å². The van der Waals surface area contributed by atoms with E-state index < -0.39 is 5.82 Å². The van der Waals surface area contributed by atoms with Crippen molar-refractivity contribution in [3.63, 3.8) is 0 Å². The van der Waals surface area contributed by atoms with Crippen LogP contribution in [0, 0.1) is 20.7 Å². The maximum Gasteiger partial charge on any atom is 0.198 e. The lowest BCUT2D eigenvalue weighted by atomic mass is 10.2. The van der Waals surface area contributed by atoms with Gasteiger partial charge in [-0.2, -0.15) is 5.26 Å². The predicted octanol–water partition coefficient (Wildman–Crippen LogP) is 2.61. The molecule has 1 aromatic carbocycles. The van der Waals surface area contributed by atoms with Crippen LogP contribution in [0.3, 0.4) is 0 Å². The molecule has 5 heteroatoms. The van der Waals surface area contributed by atoms with Gasteiger partial charge in [0.25, 0.3) is 0 Å². The van der Waals surface area contributed by atoms with Crippen molar-refractivity contribution < 1.29 is 13.9 Å². The third-order valence-electron chi connectivity index (χ3n) is 2.86. The van der Waals surface area contributed by atoms with Gasteiger partial charge in [-0.15, -0.1) is 0 Å². The molecule has 3 rings (SSSR count). The average Bonchev–Trinajstić information content (AvgIpc) is 3.03. The Bertz CT molecular complexity index is 520. The van der Waals surface area contributed by atoms with E-state index in [0.717, 1.165) is 12.8 Å². The van der Waals surface area contributed by atoms with Gasteiger partial charge in [-0.1, -0.05) is 0 Å². The van der Waals surface area contributed by atoms with Crippen LogP contribution in [-0.4, -0.2) is 12.2 Å². The first kappa shape index (κ1) is 10.1. The fourth-order valence-corrected chi connectivity index (χ4v) is 2.25. The highest BCUT2D eigenvalue weighted by Gasteiger charge is 2.50. The number of nitriles is 1. The number of rotatable bonds is 0. The van der Waals surface area contributed by atoms with Gasteiger partial charge in [0.05, 0.1) is 9.13 Å². The van der Waals surface area contributed by atoms with Gasteiger partial charge in [-0.3, -0.25) is 0 Å². The maximum absolute atomic E-state index is 13.8. The second-order valence-corrected chi connectivity index (χ2v) is 5.14. The molecule has 1 heterocycles. The molecule has 2 aliphatic rings.